The minimum atomic E-state index is -1.33. The van der Waals surface area contributed by atoms with Gasteiger partial charge in [-0.1, -0.05) is 0 Å². The van der Waals surface area contributed by atoms with Gasteiger partial charge in [-0.15, -0.1) is 23.3 Å². The summed E-state index contributed by atoms with van der Waals surface area (Å²) >= 11 is 6.44. The van der Waals surface area contributed by atoms with Crippen LogP contribution in [0.5, 0.6) is 0 Å². The minimum Gasteiger partial charge on any atom is -0.465 e. The number of carboxylic acid groups (broad SMARTS) is 1. The topological polar surface area (TPSA) is 63.3 Å². The second-order valence-corrected chi connectivity index (χ2v) is 0.338. The van der Waals surface area contributed by atoms with Crippen LogP contribution in [0.2, 0.25) is 0 Å². The van der Waals surface area contributed by atoms with Crippen molar-refractivity contribution in [1.29, 1.82) is 0 Å². The fourth-order valence-corrected chi connectivity index (χ4v) is 0. The maximum Gasteiger partial charge on any atom is 0.402 e. The predicted molar refractivity (Wildman–Crippen MR) is 30.2 cm³/mol. The van der Waals surface area contributed by atoms with Gasteiger partial charge >= 0.3 is 6.09 Å². The Morgan fingerprint density at radius 1 is 1.57 bits per heavy atom. The molecule has 3 N–H and O–H groups in total. The molecule has 6 heteroatoms. The van der Waals surface area contributed by atoms with Crippen LogP contribution in [0.15, 0.2) is 0 Å². The first kappa shape index (κ1) is 15.6. The zero-order valence-corrected chi connectivity index (χ0v) is 8.29. The summed E-state index contributed by atoms with van der Waals surface area (Å²) in [5.41, 5.74) is 4.03. The third kappa shape index (κ3) is 395. The number of hydrogen-bond donors (Lipinski definition) is 4. The van der Waals surface area contributed by atoms with E-state index in [1.54, 1.807) is 0 Å². The van der Waals surface area contributed by atoms with Crippen LogP contribution in [0.1, 0.15) is 0 Å². The van der Waals surface area contributed by atoms with E-state index in [2.05, 4.69) is 29.1 Å². The molecule has 0 aliphatic heterocycles. The molecular weight excluding hydrogens is 188 g/mol. The zero-order valence-electron chi connectivity index (χ0n) is 3.53. The molecule has 0 aliphatic rings. The van der Waals surface area contributed by atoms with E-state index < -0.39 is 6.09 Å². The first-order chi connectivity index (χ1) is 2.73. The first-order valence-corrected chi connectivity index (χ1v) is 2.52. The van der Waals surface area contributed by atoms with Crippen LogP contribution in [0, 0.1) is 0 Å². The number of nitrogens with two attached hydrogens (primary N) is 1. The Morgan fingerprint density at radius 3 is 1.57 bits per heavy atom. The maximum atomic E-state index is 8.78. The monoisotopic (exact) mass is 191 g/mol. The Kier molecular flexibility index (Phi) is 35.7. The summed E-state index contributed by atoms with van der Waals surface area (Å²) in [7, 11) is 0. The largest absolute Gasteiger partial charge is 0.465 e. The normalized spacial score (nSPS) is 4.29. The van der Waals surface area contributed by atoms with Crippen molar-refractivity contribution in [3.05, 3.63) is 0 Å². The third-order valence-corrected chi connectivity index (χ3v) is 0. The Bertz CT molecular complexity index is 38.7. The smallest absolute Gasteiger partial charge is 0.402 e. The molecule has 3 nitrogen and oxygen atoms in total. The number of hydrogen-bond acceptors (Lipinski definition) is 3. The van der Waals surface area contributed by atoms with Crippen LogP contribution >= 0.6 is 23.3 Å². The third-order valence-electron chi connectivity index (χ3n) is 0. The van der Waals surface area contributed by atoms with Crippen LogP contribution in [0.3, 0.4) is 0 Å². The van der Waals surface area contributed by atoms with Gasteiger partial charge in [-0.3, -0.25) is 0 Å². The summed E-state index contributed by atoms with van der Waals surface area (Å²) in [6.45, 7) is 0. The minimum absolute atomic E-state index is 0. The summed E-state index contributed by atoms with van der Waals surface area (Å²) in [6, 6.07) is 0. The maximum absolute atomic E-state index is 8.78. The molecule has 0 spiro atoms. The average Bonchev–Trinajstić information content (AvgIpc) is 1.41. The van der Waals surface area contributed by atoms with Gasteiger partial charge in [0, 0.05) is 19.5 Å². The van der Waals surface area contributed by atoms with E-state index in [0.717, 1.165) is 0 Å². The van der Waals surface area contributed by atoms with E-state index in [1.165, 1.54) is 0 Å². The van der Waals surface area contributed by atoms with E-state index >= 15 is 0 Å². The van der Waals surface area contributed by atoms with E-state index in [4.69, 9.17) is 9.90 Å². The quantitative estimate of drug-likeness (QED) is 0.255. The predicted octanol–water partition coefficient (Wildman–Crippen LogP) is 0.382. The van der Waals surface area contributed by atoms with Gasteiger partial charge in [-0.2, -0.15) is 0 Å². The number of primary amides is 1. The molecule has 1 amide bonds. The van der Waals surface area contributed by atoms with Crippen molar-refractivity contribution in [3.8, 4) is 0 Å². The Morgan fingerprint density at radius 2 is 1.57 bits per heavy atom. The van der Waals surface area contributed by atoms with Crippen LogP contribution < -0.4 is 5.73 Å². The molecule has 0 fully saturated rings. The van der Waals surface area contributed by atoms with Gasteiger partial charge in [0.2, 0.25) is 0 Å². The molecule has 0 aromatic carbocycles. The standard InChI is InChI=1S/CH3NO2.H2S2.Zn/c2-1(3)4;1-2;/h2H2,(H,3,4);1-2H;. The molecule has 0 aliphatic carbocycles. The molecule has 0 rings (SSSR count). The van der Waals surface area contributed by atoms with Crippen molar-refractivity contribution in [2.24, 2.45) is 5.73 Å². The molecule has 0 radical (unpaired) electrons. The Labute approximate surface area is 64.6 Å². The molecule has 0 heterocycles. The molecule has 40 valence electrons. The number of carbonyl (C=O) groups is 1. The molecular formula is CH5NO2S2Zn. The summed E-state index contributed by atoms with van der Waals surface area (Å²) in [5, 5.41) is 7.19. The van der Waals surface area contributed by atoms with Gasteiger partial charge in [0.15, 0.2) is 0 Å². The molecule has 0 aromatic rings. The molecule has 0 atom stereocenters. The summed E-state index contributed by atoms with van der Waals surface area (Å²) in [5.74, 6) is 0. The van der Waals surface area contributed by atoms with Crippen molar-refractivity contribution >= 4 is 29.4 Å². The van der Waals surface area contributed by atoms with E-state index in [0.29, 0.717) is 0 Å². The molecule has 0 saturated carbocycles. The van der Waals surface area contributed by atoms with Crippen molar-refractivity contribution < 1.29 is 29.4 Å². The molecule has 0 bridgehead atoms. The first-order valence-electron chi connectivity index (χ1n) is 0.916. The number of rotatable bonds is 0. The zero-order chi connectivity index (χ0) is 5.58. The van der Waals surface area contributed by atoms with E-state index in [9.17, 15) is 0 Å². The van der Waals surface area contributed by atoms with Gasteiger partial charge in [-0.25, -0.2) is 4.79 Å². The van der Waals surface area contributed by atoms with Crippen molar-refractivity contribution in [2.45, 2.75) is 0 Å². The van der Waals surface area contributed by atoms with Crippen molar-refractivity contribution in [3.63, 3.8) is 0 Å². The number of amides is 1. The van der Waals surface area contributed by atoms with E-state index in [-0.39, 0.29) is 19.5 Å². The van der Waals surface area contributed by atoms with Crippen LogP contribution in [-0.4, -0.2) is 11.2 Å². The van der Waals surface area contributed by atoms with Crippen LogP contribution in [0.4, 0.5) is 4.79 Å². The number of thiol groups is 2. The van der Waals surface area contributed by atoms with Crippen molar-refractivity contribution in [1.82, 2.24) is 0 Å². The van der Waals surface area contributed by atoms with Crippen LogP contribution in [-0.2, 0) is 19.5 Å². The summed E-state index contributed by atoms with van der Waals surface area (Å²) in [4.78, 5) is 8.78. The van der Waals surface area contributed by atoms with Crippen molar-refractivity contribution in [2.75, 3.05) is 0 Å². The molecule has 0 unspecified atom stereocenters. The summed E-state index contributed by atoms with van der Waals surface area (Å²) in [6.07, 6.45) is -1.33. The molecule has 7 heavy (non-hydrogen) atoms. The molecule has 0 saturated heterocycles. The van der Waals surface area contributed by atoms with Gasteiger partial charge in [0.25, 0.3) is 0 Å². The Hall–Kier alpha value is 0.593. The molecule has 0 aromatic heterocycles. The van der Waals surface area contributed by atoms with Gasteiger partial charge in [0.1, 0.15) is 0 Å². The SMILES string of the molecule is NC(=O)O.SS.[Zn]. The average molecular weight is 193 g/mol. The Balaban J connectivity index is -0.0000000480. The fourth-order valence-electron chi connectivity index (χ4n) is 0. The van der Waals surface area contributed by atoms with Gasteiger partial charge in [-0.05, 0) is 0 Å². The van der Waals surface area contributed by atoms with Gasteiger partial charge < -0.3 is 10.8 Å². The second-order valence-electron chi connectivity index (χ2n) is 0.338. The fraction of sp³-hybridized carbons (Fsp3) is 0. The van der Waals surface area contributed by atoms with Crippen LogP contribution in [0.25, 0.3) is 0 Å². The second kappa shape index (κ2) is 16.0. The van der Waals surface area contributed by atoms with E-state index in [1.807, 2.05) is 0 Å². The van der Waals surface area contributed by atoms with Gasteiger partial charge in [0.05, 0.1) is 0 Å². The summed E-state index contributed by atoms with van der Waals surface area (Å²) < 4.78 is 0.